The van der Waals surface area contributed by atoms with E-state index in [1.54, 1.807) is 18.2 Å². The molecule has 0 aliphatic rings. The number of thiophene rings is 1. The Morgan fingerprint density at radius 2 is 1.92 bits per heavy atom. The van der Waals surface area contributed by atoms with Crippen LogP contribution in [0, 0.1) is 11.3 Å². The predicted octanol–water partition coefficient (Wildman–Crippen LogP) is 6.39. The van der Waals surface area contributed by atoms with Crippen molar-refractivity contribution in [2.75, 3.05) is 11.6 Å². The number of nitrogens with one attached hydrogen (secondary N) is 2. The normalized spacial score (nSPS) is 12.2. The zero-order chi connectivity index (χ0) is 27.4. The summed E-state index contributed by atoms with van der Waals surface area (Å²) in [4.78, 5) is 22.6. The molecule has 4 rings (SSSR count). The molecule has 38 heavy (non-hydrogen) atoms. The summed E-state index contributed by atoms with van der Waals surface area (Å²) >= 11 is 2.63. The molecular weight excluding hydrogens is 562 g/mol. The summed E-state index contributed by atoms with van der Waals surface area (Å²) in [5.41, 5.74) is -1.27. The van der Waals surface area contributed by atoms with E-state index in [0.29, 0.717) is 11.8 Å². The Hall–Kier alpha value is -3.53. The number of rotatable bonds is 8. The van der Waals surface area contributed by atoms with Gasteiger partial charge < -0.3 is 24.9 Å². The first kappa shape index (κ1) is 27.5. The molecule has 0 bridgehead atoms. The van der Waals surface area contributed by atoms with Gasteiger partial charge in [-0.05, 0) is 71.9 Å². The second-order valence-corrected chi connectivity index (χ2v) is 11.1. The number of phenolic OH excluding ortho intramolecular Hbond substituents is 2. The highest BCUT2D eigenvalue weighted by Gasteiger charge is 2.34. The van der Waals surface area contributed by atoms with Crippen molar-refractivity contribution >= 4 is 53.3 Å². The molecule has 8 nitrogen and oxygen atoms in total. The molecule has 0 aliphatic carbocycles. The Morgan fingerprint density at radius 3 is 2.66 bits per heavy atom. The molecule has 0 spiro atoms. The lowest BCUT2D eigenvalue weighted by atomic mass is 10.1. The molecule has 0 saturated carbocycles. The molecule has 0 fully saturated rings. The van der Waals surface area contributed by atoms with Crippen molar-refractivity contribution in [3.8, 4) is 23.3 Å². The van der Waals surface area contributed by atoms with Crippen LogP contribution in [-0.2, 0) is 6.18 Å². The summed E-state index contributed by atoms with van der Waals surface area (Å²) in [5, 5.41) is 31.8. The number of phenols is 2. The van der Waals surface area contributed by atoms with Gasteiger partial charge in [0.15, 0.2) is 11.5 Å². The van der Waals surface area contributed by atoms with Gasteiger partial charge in [0.05, 0.1) is 33.3 Å². The number of benzene rings is 3. The maximum absolute atomic E-state index is 13.1. The molecule has 1 unspecified atom stereocenters. The Morgan fingerprint density at radius 1 is 1.13 bits per heavy atom. The van der Waals surface area contributed by atoms with Crippen molar-refractivity contribution in [1.29, 1.82) is 5.26 Å². The second kappa shape index (κ2) is 11.5. The molecule has 196 valence electrons. The van der Waals surface area contributed by atoms with Gasteiger partial charge in [-0.15, -0.1) is 11.3 Å². The quantitative estimate of drug-likeness (QED) is 0.0921. The molecular formula is C24H17F3N3O5PS2. The SMILES string of the molecule is N#Cc1ccc(OP(O)CNSc2cc3cc(NC(=O)c4cccc(O)c4O)ccc3s2)cc1C(F)(F)F. The number of alkyl halides is 3. The Balaban J connectivity index is 1.34. The number of carbonyl (C=O) groups excluding carboxylic acids is 1. The second-order valence-electron chi connectivity index (χ2n) is 7.61. The molecule has 0 radical (unpaired) electrons. The van der Waals surface area contributed by atoms with Crippen LogP contribution in [0.2, 0.25) is 0 Å². The summed E-state index contributed by atoms with van der Waals surface area (Å²) < 4.78 is 49.2. The third-order valence-electron chi connectivity index (χ3n) is 5.01. The van der Waals surface area contributed by atoms with Crippen molar-refractivity contribution < 1.29 is 37.6 Å². The predicted molar refractivity (Wildman–Crippen MR) is 139 cm³/mol. The van der Waals surface area contributed by atoms with Crippen molar-refractivity contribution in [2.45, 2.75) is 10.4 Å². The molecule has 1 heterocycles. The first-order valence-electron chi connectivity index (χ1n) is 10.6. The largest absolute Gasteiger partial charge is 0.504 e. The first-order valence-corrected chi connectivity index (χ1v) is 13.6. The Bertz CT molecular complexity index is 1540. The maximum atomic E-state index is 13.1. The van der Waals surface area contributed by atoms with Crippen LogP contribution in [0.1, 0.15) is 21.5 Å². The van der Waals surface area contributed by atoms with Crippen molar-refractivity contribution in [1.82, 2.24) is 4.72 Å². The maximum Gasteiger partial charge on any atom is 0.417 e. The first-order chi connectivity index (χ1) is 18.0. The Kier molecular flexibility index (Phi) is 8.30. The lowest BCUT2D eigenvalue weighted by Gasteiger charge is -2.14. The number of amides is 1. The molecule has 3 aromatic carbocycles. The van der Waals surface area contributed by atoms with Gasteiger partial charge in [-0.3, -0.25) is 4.79 Å². The van der Waals surface area contributed by atoms with E-state index in [9.17, 15) is 33.1 Å². The van der Waals surface area contributed by atoms with Crippen LogP contribution in [0.25, 0.3) is 10.1 Å². The topological polar surface area (TPSA) is 135 Å². The monoisotopic (exact) mass is 579 g/mol. The van der Waals surface area contributed by atoms with Crippen LogP contribution in [0.5, 0.6) is 17.2 Å². The fourth-order valence-corrected chi connectivity index (χ4v) is 6.12. The molecule has 14 heteroatoms. The van der Waals surface area contributed by atoms with Crippen LogP contribution >= 0.6 is 31.7 Å². The summed E-state index contributed by atoms with van der Waals surface area (Å²) in [6, 6.07) is 15.5. The van der Waals surface area contributed by atoms with Crippen molar-refractivity contribution in [3.63, 3.8) is 0 Å². The van der Waals surface area contributed by atoms with Crippen LogP contribution in [0.4, 0.5) is 18.9 Å². The van der Waals surface area contributed by atoms with Gasteiger partial charge in [-0.1, -0.05) is 6.07 Å². The third-order valence-corrected chi connectivity index (χ3v) is 8.09. The Labute approximate surface area is 223 Å². The fourth-order valence-electron chi connectivity index (χ4n) is 3.28. The molecule has 0 aliphatic heterocycles. The average molecular weight is 580 g/mol. The zero-order valence-corrected chi connectivity index (χ0v) is 21.5. The van der Waals surface area contributed by atoms with E-state index in [4.69, 9.17) is 9.79 Å². The standard InChI is InChI=1S/C24H17F3N3O5PS2/c25-24(26,27)18-10-16(6-4-13(18)11-28)35-36(34)12-29-38-21-9-14-8-15(5-7-20(14)37-21)30-23(33)17-2-1-3-19(31)22(17)32/h1-10,29,31-32,34H,12H2,(H,30,33). The van der Waals surface area contributed by atoms with E-state index in [0.717, 1.165) is 20.4 Å². The summed E-state index contributed by atoms with van der Waals surface area (Å²) in [7, 11) is -2.14. The van der Waals surface area contributed by atoms with E-state index >= 15 is 0 Å². The number of halogens is 3. The molecule has 1 aromatic heterocycles. The minimum absolute atomic E-state index is 0.0513. The van der Waals surface area contributed by atoms with Gasteiger partial charge in [-0.25, -0.2) is 4.72 Å². The van der Waals surface area contributed by atoms with Crippen LogP contribution < -0.4 is 14.6 Å². The highest BCUT2D eigenvalue weighted by atomic mass is 32.2. The van der Waals surface area contributed by atoms with Crippen LogP contribution in [0.15, 0.2) is 64.9 Å². The molecule has 4 aromatic rings. The van der Waals surface area contributed by atoms with E-state index in [1.165, 1.54) is 53.6 Å². The lowest BCUT2D eigenvalue weighted by molar-refractivity contribution is -0.137. The fraction of sp³-hybridized carbons (Fsp3) is 0.0833. The number of aromatic hydroxyl groups is 2. The highest BCUT2D eigenvalue weighted by Crippen LogP contribution is 2.39. The van der Waals surface area contributed by atoms with Gasteiger partial charge in [0.1, 0.15) is 5.75 Å². The van der Waals surface area contributed by atoms with Gasteiger partial charge in [0.2, 0.25) is 8.38 Å². The number of fused-ring (bicyclic) bond motifs is 1. The molecule has 0 saturated heterocycles. The van der Waals surface area contributed by atoms with E-state index < -0.39 is 43.1 Å². The highest BCUT2D eigenvalue weighted by molar-refractivity contribution is 7.99. The van der Waals surface area contributed by atoms with E-state index in [-0.39, 0.29) is 17.6 Å². The smallest absolute Gasteiger partial charge is 0.417 e. The number of nitriles is 1. The van der Waals surface area contributed by atoms with Crippen LogP contribution in [0.3, 0.4) is 0 Å². The van der Waals surface area contributed by atoms with Gasteiger partial charge in [0.25, 0.3) is 5.91 Å². The number of anilines is 1. The number of para-hydroxylation sites is 1. The van der Waals surface area contributed by atoms with E-state index in [2.05, 4.69) is 10.0 Å². The molecule has 1 atom stereocenters. The number of carbonyl (C=O) groups is 1. The minimum Gasteiger partial charge on any atom is -0.504 e. The van der Waals surface area contributed by atoms with Crippen molar-refractivity contribution in [2.24, 2.45) is 0 Å². The van der Waals surface area contributed by atoms with Crippen molar-refractivity contribution in [3.05, 3.63) is 77.4 Å². The molecule has 1 amide bonds. The third kappa shape index (κ3) is 6.48. The van der Waals surface area contributed by atoms with E-state index in [1.807, 2.05) is 6.07 Å². The number of hydrogen-bond acceptors (Lipinski definition) is 9. The van der Waals surface area contributed by atoms with Gasteiger partial charge >= 0.3 is 6.18 Å². The summed E-state index contributed by atoms with van der Waals surface area (Å²) in [5.74, 6) is -1.71. The summed E-state index contributed by atoms with van der Waals surface area (Å²) in [6.07, 6.45) is -4.78. The number of nitrogens with zero attached hydrogens (tertiary/aromatic N) is 1. The minimum atomic E-state index is -4.73. The zero-order valence-electron chi connectivity index (χ0n) is 19.0. The van der Waals surface area contributed by atoms with Crippen LogP contribution in [-0.4, -0.2) is 27.3 Å². The summed E-state index contributed by atoms with van der Waals surface area (Å²) in [6.45, 7) is 0. The lowest BCUT2D eigenvalue weighted by Crippen LogP contribution is -2.11. The number of hydrogen-bond donors (Lipinski definition) is 5. The van der Waals surface area contributed by atoms with Gasteiger partial charge in [-0.2, -0.15) is 18.4 Å². The molecule has 5 N–H and O–H groups in total. The van der Waals surface area contributed by atoms with Gasteiger partial charge in [0, 0.05) is 10.4 Å². The average Bonchev–Trinajstić information content (AvgIpc) is 3.27.